The van der Waals surface area contributed by atoms with Gasteiger partial charge in [0.1, 0.15) is 5.75 Å². The largest absolute Gasteiger partial charge is 0.508 e. The molecule has 0 saturated carbocycles. The predicted octanol–water partition coefficient (Wildman–Crippen LogP) is 4.38. The van der Waals surface area contributed by atoms with Crippen LogP contribution in [-0.2, 0) is 14.3 Å². The lowest BCUT2D eigenvalue weighted by molar-refractivity contribution is -0.131. The second-order valence-electron chi connectivity index (χ2n) is 6.54. The molecule has 2 atom stereocenters. The van der Waals surface area contributed by atoms with Gasteiger partial charge in [0, 0.05) is 18.4 Å². The lowest BCUT2D eigenvalue weighted by Gasteiger charge is -2.27. The molecule has 0 fully saturated rings. The summed E-state index contributed by atoms with van der Waals surface area (Å²) in [7, 11) is 0. The zero-order valence-corrected chi connectivity index (χ0v) is 17.0. The van der Waals surface area contributed by atoms with E-state index in [1.165, 1.54) is 18.2 Å². The van der Waals surface area contributed by atoms with Crippen molar-refractivity contribution in [1.29, 1.82) is 5.26 Å². The number of anilines is 1. The Balaban J connectivity index is 2.18. The summed E-state index contributed by atoms with van der Waals surface area (Å²) in [5.74, 6) is -0.969. The van der Waals surface area contributed by atoms with E-state index in [4.69, 9.17) is 19.8 Å². The van der Waals surface area contributed by atoms with Gasteiger partial charge in [-0.2, -0.15) is 5.26 Å². The molecular weight excluding hydrogens is 400 g/mol. The van der Waals surface area contributed by atoms with Gasteiger partial charge in [-0.1, -0.05) is 18.2 Å². The summed E-state index contributed by atoms with van der Waals surface area (Å²) < 4.78 is 11.5. The number of rotatable bonds is 10. The Labute approximate surface area is 180 Å². The van der Waals surface area contributed by atoms with E-state index in [9.17, 15) is 14.7 Å². The normalized spacial score (nSPS) is 12.6. The maximum absolute atomic E-state index is 12.6. The number of nitrogens with zero attached hydrogens (tertiary/aromatic N) is 1. The van der Waals surface area contributed by atoms with Crippen LogP contribution in [-0.4, -0.2) is 35.0 Å². The maximum atomic E-state index is 12.6. The number of carbonyl (C=O) groups excluding carboxylic acids is 1. The zero-order valence-electron chi connectivity index (χ0n) is 17.0. The highest BCUT2D eigenvalue weighted by Gasteiger charge is 2.27. The van der Waals surface area contributed by atoms with Crippen LogP contribution in [0.3, 0.4) is 0 Å². The number of carboxylic acids is 1. The molecule has 162 valence electrons. The molecule has 1 amide bonds. The monoisotopic (exact) mass is 424 g/mol. The Morgan fingerprint density at radius 2 is 1.84 bits per heavy atom. The number of benzene rings is 2. The fourth-order valence-corrected chi connectivity index (χ4v) is 2.89. The molecule has 3 N–H and O–H groups in total. The van der Waals surface area contributed by atoms with Gasteiger partial charge in [0.2, 0.25) is 0 Å². The Kier molecular flexibility index (Phi) is 9.08. The number of ether oxygens (including phenoxy) is 2. The van der Waals surface area contributed by atoms with Gasteiger partial charge in [0.15, 0.2) is 6.10 Å². The van der Waals surface area contributed by atoms with Crippen LogP contribution < -0.4 is 5.32 Å². The number of phenolic OH excluding ortho intramolecular Hbond substituents is 1. The molecule has 0 bridgehead atoms. The van der Waals surface area contributed by atoms with E-state index in [0.717, 1.165) is 6.08 Å². The molecule has 8 heteroatoms. The predicted molar refractivity (Wildman–Crippen MR) is 114 cm³/mol. The fourth-order valence-electron chi connectivity index (χ4n) is 2.89. The molecular formula is C23H24N2O6. The van der Waals surface area contributed by atoms with Crippen LogP contribution in [0, 0.1) is 11.3 Å². The first-order chi connectivity index (χ1) is 14.9. The van der Waals surface area contributed by atoms with Crippen molar-refractivity contribution in [1.82, 2.24) is 0 Å². The topological polar surface area (TPSA) is 129 Å². The van der Waals surface area contributed by atoms with Gasteiger partial charge in [0.25, 0.3) is 0 Å². The highest BCUT2D eigenvalue weighted by Crippen LogP contribution is 2.29. The molecule has 0 aliphatic heterocycles. The summed E-state index contributed by atoms with van der Waals surface area (Å²) in [5.41, 5.74) is 1.55. The molecule has 0 heterocycles. The minimum atomic E-state index is -1.04. The van der Waals surface area contributed by atoms with Crippen LogP contribution in [0.4, 0.5) is 10.5 Å². The molecule has 2 rings (SSSR count). The van der Waals surface area contributed by atoms with Gasteiger partial charge in [-0.05, 0) is 61.7 Å². The van der Waals surface area contributed by atoms with Crippen LogP contribution in [0.25, 0.3) is 0 Å². The lowest BCUT2D eigenvalue weighted by Crippen LogP contribution is -2.29. The minimum Gasteiger partial charge on any atom is -0.508 e. The first-order valence-corrected chi connectivity index (χ1v) is 9.70. The highest BCUT2D eigenvalue weighted by atomic mass is 16.6. The summed E-state index contributed by atoms with van der Waals surface area (Å²) in [6.45, 7) is 2.17. The lowest BCUT2D eigenvalue weighted by atomic mass is 10.00. The average molecular weight is 424 g/mol. The van der Waals surface area contributed by atoms with Gasteiger partial charge < -0.3 is 19.7 Å². The number of amides is 1. The third-order valence-corrected chi connectivity index (χ3v) is 4.31. The number of nitrogens with one attached hydrogen (secondary N) is 1. The van der Waals surface area contributed by atoms with E-state index < -0.39 is 24.3 Å². The number of carboxylic acid groups (broad SMARTS) is 1. The third kappa shape index (κ3) is 7.84. The molecule has 0 saturated heterocycles. The van der Waals surface area contributed by atoms with E-state index in [-0.39, 0.29) is 5.75 Å². The van der Waals surface area contributed by atoms with Crippen LogP contribution in [0.15, 0.2) is 60.7 Å². The van der Waals surface area contributed by atoms with Crippen LogP contribution in [0.1, 0.15) is 37.0 Å². The van der Waals surface area contributed by atoms with Gasteiger partial charge in [-0.25, -0.2) is 9.59 Å². The first-order valence-electron chi connectivity index (χ1n) is 9.70. The third-order valence-electron chi connectivity index (χ3n) is 4.31. The Hall–Kier alpha value is -3.83. The Morgan fingerprint density at radius 1 is 1.16 bits per heavy atom. The molecule has 0 radical (unpaired) electrons. The van der Waals surface area contributed by atoms with Gasteiger partial charge >= 0.3 is 12.1 Å². The van der Waals surface area contributed by atoms with Crippen molar-refractivity contribution in [3.63, 3.8) is 0 Å². The van der Waals surface area contributed by atoms with E-state index in [1.807, 2.05) is 13.0 Å². The fraction of sp³-hybridized carbons (Fsp3) is 0.261. The molecule has 0 aliphatic rings. The van der Waals surface area contributed by atoms with Crippen molar-refractivity contribution in [3.05, 3.63) is 71.8 Å². The van der Waals surface area contributed by atoms with Gasteiger partial charge in [-0.3, -0.25) is 5.32 Å². The molecule has 0 unspecified atom stereocenters. The summed E-state index contributed by atoms with van der Waals surface area (Å²) in [5, 5.41) is 29.8. The van der Waals surface area contributed by atoms with Crippen molar-refractivity contribution < 1.29 is 29.3 Å². The number of aliphatic carboxylic acids is 1. The van der Waals surface area contributed by atoms with Gasteiger partial charge in [-0.15, -0.1) is 0 Å². The molecule has 0 spiro atoms. The van der Waals surface area contributed by atoms with Crippen molar-refractivity contribution >= 4 is 17.7 Å². The summed E-state index contributed by atoms with van der Waals surface area (Å²) >= 11 is 0. The number of allylic oxidation sites excluding steroid dienone is 1. The SMILES string of the molecule is CCO[C@H](CC/C=C/C(=O)O)[C@H](OC(=O)Nc1ccc(C#N)cc1)c1ccc(O)cc1. The summed E-state index contributed by atoms with van der Waals surface area (Å²) in [6, 6.07) is 14.6. The van der Waals surface area contributed by atoms with Crippen molar-refractivity contribution in [3.8, 4) is 11.8 Å². The maximum Gasteiger partial charge on any atom is 0.412 e. The zero-order chi connectivity index (χ0) is 22.6. The van der Waals surface area contributed by atoms with Crippen molar-refractivity contribution in [2.24, 2.45) is 0 Å². The highest BCUT2D eigenvalue weighted by molar-refractivity contribution is 5.84. The van der Waals surface area contributed by atoms with Crippen LogP contribution >= 0.6 is 0 Å². The minimum absolute atomic E-state index is 0.0712. The van der Waals surface area contributed by atoms with Crippen LogP contribution in [0.5, 0.6) is 5.75 Å². The summed E-state index contributed by atoms with van der Waals surface area (Å²) in [4.78, 5) is 23.2. The quantitative estimate of drug-likeness (QED) is 0.483. The molecule has 0 aromatic heterocycles. The number of phenols is 1. The van der Waals surface area contributed by atoms with Crippen molar-refractivity contribution in [2.45, 2.75) is 32.0 Å². The summed E-state index contributed by atoms with van der Waals surface area (Å²) in [6.07, 6.45) is 1.33. The van der Waals surface area contributed by atoms with Gasteiger partial charge in [0.05, 0.1) is 17.7 Å². The number of carbonyl (C=O) groups is 2. The average Bonchev–Trinajstić information content (AvgIpc) is 2.75. The van der Waals surface area contributed by atoms with E-state index in [0.29, 0.717) is 36.3 Å². The van der Waals surface area contributed by atoms with Crippen molar-refractivity contribution in [2.75, 3.05) is 11.9 Å². The number of nitriles is 1. The first kappa shape index (κ1) is 23.4. The smallest absolute Gasteiger partial charge is 0.412 e. The Bertz CT molecular complexity index is 932. The molecule has 31 heavy (non-hydrogen) atoms. The second kappa shape index (κ2) is 12.0. The second-order valence-corrected chi connectivity index (χ2v) is 6.54. The number of aromatic hydroxyl groups is 1. The van der Waals surface area contributed by atoms with Crippen LogP contribution in [0.2, 0.25) is 0 Å². The number of hydrogen-bond acceptors (Lipinski definition) is 6. The van der Waals surface area contributed by atoms with E-state index >= 15 is 0 Å². The number of hydrogen-bond donors (Lipinski definition) is 3. The molecule has 2 aromatic rings. The van der Waals surface area contributed by atoms with E-state index in [2.05, 4.69) is 5.32 Å². The molecule has 2 aromatic carbocycles. The standard InChI is InChI=1S/C23H24N2O6/c1-2-30-20(5-3-4-6-21(27)28)22(17-9-13-19(26)14-10-17)31-23(29)25-18-11-7-16(15-24)8-12-18/h4,6-14,20,22,26H,2-3,5H2,1H3,(H,25,29)(H,27,28)/b6-4+/t20-,22-/m1/s1. The molecule has 0 aliphatic carbocycles. The Morgan fingerprint density at radius 3 is 2.42 bits per heavy atom. The van der Waals surface area contributed by atoms with E-state index in [1.54, 1.807) is 36.4 Å². The molecule has 8 nitrogen and oxygen atoms in total.